The normalized spacial score (nSPS) is 21.4. The van der Waals surface area contributed by atoms with Gasteiger partial charge in [-0.25, -0.2) is 4.99 Å². The molecule has 3 aliphatic rings. The molecule has 0 aromatic heterocycles. The van der Waals surface area contributed by atoms with Crippen LogP contribution in [0.5, 0.6) is 0 Å². The van der Waals surface area contributed by atoms with Crippen molar-refractivity contribution in [2.45, 2.75) is 59.4 Å². The quantitative estimate of drug-likeness (QED) is 0.504. The van der Waals surface area contributed by atoms with Gasteiger partial charge in [-0.05, 0) is 86.4 Å². The Morgan fingerprint density at radius 1 is 1.30 bits per heavy atom. The molecule has 0 bridgehead atoms. The molecule has 1 saturated heterocycles. The van der Waals surface area contributed by atoms with Crippen molar-refractivity contribution in [1.82, 2.24) is 10.2 Å². The molecule has 3 N–H and O–H groups in total. The van der Waals surface area contributed by atoms with Crippen LogP contribution in [0.15, 0.2) is 57.9 Å². The van der Waals surface area contributed by atoms with Crippen molar-refractivity contribution in [2.24, 2.45) is 16.6 Å². The number of nitrogens with two attached hydrogens (primary N) is 1. The number of nitrogens with zero attached hydrogens (tertiary/aromatic N) is 2. The highest BCUT2D eigenvalue weighted by atomic mass is 16.5. The molecule has 6 heteroatoms. The molecule has 6 nitrogen and oxygen atoms in total. The summed E-state index contributed by atoms with van der Waals surface area (Å²) in [5, 5.41) is 3.38. The molecule has 0 radical (unpaired) electrons. The number of hydrogen-bond acceptors (Lipinski definition) is 4. The molecule has 1 saturated carbocycles. The van der Waals surface area contributed by atoms with Crippen molar-refractivity contribution in [3.8, 4) is 0 Å². The van der Waals surface area contributed by atoms with Gasteiger partial charge in [0.05, 0.1) is 24.9 Å². The fourth-order valence-corrected chi connectivity index (χ4v) is 4.78. The zero-order chi connectivity index (χ0) is 23.5. The van der Waals surface area contributed by atoms with Crippen molar-refractivity contribution in [3.05, 3.63) is 64.0 Å². The number of amidine groups is 1. The smallest absolute Gasteiger partial charge is 0.254 e. The monoisotopic (exact) mass is 448 g/mol. The van der Waals surface area contributed by atoms with Crippen LogP contribution in [0.1, 0.15) is 62.4 Å². The average molecular weight is 449 g/mol. The maximum atomic E-state index is 13.4. The van der Waals surface area contributed by atoms with E-state index in [1.807, 2.05) is 42.3 Å². The number of dihydropyridines is 1. The lowest BCUT2D eigenvalue weighted by Gasteiger charge is -2.37. The largest absolute Gasteiger partial charge is 0.383 e. The second-order valence-electron chi connectivity index (χ2n) is 9.72. The van der Waals surface area contributed by atoms with Gasteiger partial charge in [-0.15, -0.1) is 0 Å². The SMILES string of the molecule is CC1=C(C(N)=Nc2ccc(C(=O)N3CCOCC3CC(C)C)c(C)c2)C(=C2CCC2)NC=C1. The maximum Gasteiger partial charge on any atom is 0.254 e. The van der Waals surface area contributed by atoms with Gasteiger partial charge in [-0.2, -0.15) is 0 Å². The summed E-state index contributed by atoms with van der Waals surface area (Å²) in [5.74, 6) is 1.08. The Labute approximate surface area is 197 Å². The molecule has 1 unspecified atom stereocenters. The third kappa shape index (κ3) is 5.06. The Hall–Kier alpha value is -2.86. The van der Waals surface area contributed by atoms with E-state index in [4.69, 9.17) is 15.5 Å². The number of carbonyl (C=O) groups excluding carboxylic acids is 1. The fraction of sp³-hybridized carbons (Fsp3) is 0.481. The second-order valence-corrected chi connectivity index (χ2v) is 9.72. The highest BCUT2D eigenvalue weighted by Gasteiger charge is 2.29. The highest BCUT2D eigenvalue weighted by Crippen LogP contribution is 2.33. The van der Waals surface area contributed by atoms with Crippen molar-refractivity contribution < 1.29 is 9.53 Å². The van der Waals surface area contributed by atoms with Gasteiger partial charge in [0.15, 0.2) is 0 Å². The van der Waals surface area contributed by atoms with Crippen LogP contribution in [-0.2, 0) is 4.74 Å². The maximum absolute atomic E-state index is 13.4. The first-order chi connectivity index (χ1) is 15.8. The summed E-state index contributed by atoms with van der Waals surface area (Å²) >= 11 is 0. The van der Waals surface area contributed by atoms with E-state index in [9.17, 15) is 4.79 Å². The molecule has 1 amide bonds. The number of aryl methyl sites for hydroxylation is 1. The predicted molar refractivity (Wildman–Crippen MR) is 133 cm³/mol. The summed E-state index contributed by atoms with van der Waals surface area (Å²) in [6.07, 6.45) is 8.38. The molecule has 33 heavy (non-hydrogen) atoms. The summed E-state index contributed by atoms with van der Waals surface area (Å²) in [6.45, 7) is 10.2. The van der Waals surface area contributed by atoms with E-state index < -0.39 is 0 Å². The summed E-state index contributed by atoms with van der Waals surface area (Å²) in [5.41, 5.74) is 13.5. The minimum absolute atomic E-state index is 0.0714. The zero-order valence-electron chi connectivity index (χ0n) is 20.3. The van der Waals surface area contributed by atoms with Crippen LogP contribution >= 0.6 is 0 Å². The van der Waals surface area contributed by atoms with E-state index in [1.165, 1.54) is 12.0 Å². The number of rotatable bonds is 5. The number of amides is 1. The highest BCUT2D eigenvalue weighted by molar-refractivity contribution is 6.04. The lowest BCUT2D eigenvalue weighted by molar-refractivity contribution is -0.00750. The molecule has 0 spiro atoms. The molecular formula is C27H36N4O2. The first-order valence-electron chi connectivity index (χ1n) is 12.1. The van der Waals surface area contributed by atoms with E-state index in [2.05, 4.69) is 26.1 Å². The van der Waals surface area contributed by atoms with Gasteiger partial charge in [-0.1, -0.05) is 13.8 Å². The molecule has 1 aliphatic carbocycles. The van der Waals surface area contributed by atoms with Gasteiger partial charge in [0, 0.05) is 29.6 Å². The Balaban J connectivity index is 1.58. The van der Waals surface area contributed by atoms with E-state index in [-0.39, 0.29) is 11.9 Å². The third-order valence-corrected chi connectivity index (χ3v) is 6.69. The van der Waals surface area contributed by atoms with Crippen LogP contribution in [0.4, 0.5) is 5.69 Å². The van der Waals surface area contributed by atoms with Crippen LogP contribution in [0.2, 0.25) is 0 Å². The average Bonchev–Trinajstić information content (AvgIpc) is 2.72. The molecular weight excluding hydrogens is 412 g/mol. The Morgan fingerprint density at radius 2 is 2.09 bits per heavy atom. The van der Waals surface area contributed by atoms with Crippen molar-refractivity contribution in [2.75, 3.05) is 19.8 Å². The first kappa shape index (κ1) is 23.3. The van der Waals surface area contributed by atoms with Crippen LogP contribution in [0.3, 0.4) is 0 Å². The molecule has 4 rings (SSSR count). The van der Waals surface area contributed by atoms with Gasteiger partial charge in [0.2, 0.25) is 0 Å². The van der Waals surface area contributed by atoms with E-state index in [0.29, 0.717) is 31.5 Å². The van der Waals surface area contributed by atoms with Crippen LogP contribution in [0.25, 0.3) is 0 Å². The topological polar surface area (TPSA) is 80.0 Å². The molecule has 2 aliphatic heterocycles. The molecule has 2 fully saturated rings. The standard InChI is InChI=1S/C27H36N4O2/c1-17(2)14-22-16-33-13-12-31(22)27(32)23-9-8-21(15-19(23)4)30-26(28)24-18(3)10-11-29-25(24)20-6-5-7-20/h8-11,15,17,22,29H,5-7,12-14,16H2,1-4H3,(H2,28,30). The lowest BCUT2D eigenvalue weighted by Crippen LogP contribution is -2.49. The first-order valence-corrected chi connectivity index (χ1v) is 12.1. The van der Waals surface area contributed by atoms with Gasteiger partial charge in [0.25, 0.3) is 5.91 Å². The summed E-state index contributed by atoms with van der Waals surface area (Å²) in [7, 11) is 0. The summed E-state index contributed by atoms with van der Waals surface area (Å²) < 4.78 is 5.65. The van der Waals surface area contributed by atoms with Crippen LogP contribution in [-0.4, -0.2) is 42.4 Å². The molecule has 2 heterocycles. The van der Waals surface area contributed by atoms with Crippen molar-refractivity contribution >= 4 is 17.4 Å². The number of nitrogens with one attached hydrogen (secondary N) is 1. The second kappa shape index (κ2) is 9.96. The van der Waals surface area contributed by atoms with Crippen LogP contribution in [0, 0.1) is 12.8 Å². The van der Waals surface area contributed by atoms with Crippen molar-refractivity contribution in [1.29, 1.82) is 0 Å². The number of hydrogen-bond donors (Lipinski definition) is 2. The third-order valence-electron chi connectivity index (χ3n) is 6.69. The minimum atomic E-state index is 0.0714. The summed E-state index contributed by atoms with van der Waals surface area (Å²) in [6, 6.07) is 5.86. The molecule has 1 aromatic rings. The molecule has 1 aromatic carbocycles. The fourth-order valence-electron chi connectivity index (χ4n) is 4.78. The van der Waals surface area contributed by atoms with E-state index >= 15 is 0 Å². The van der Waals surface area contributed by atoms with E-state index in [0.717, 1.165) is 52.9 Å². The van der Waals surface area contributed by atoms with Gasteiger partial charge in [-0.3, -0.25) is 4.79 Å². The number of ether oxygens (including phenoxy) is 1. The minimum Gasteiger partial charge on any atom is -0.383 e. The van der Waals surface area contributed by atoms with Crippen LogP contribution < -0.4 is 11.1 Å². The van der Waals surface area contributed by atoms with E-state index in [1.54, 1.807) is 0 Å². The Bertz CT molecular complexity index is 1040. The van der Waals surface area contributed by atoms with Crippen molar-refractivity contribution in [3.63, 3.8) is 0 Å². The Morgan fingerprint density at radius 3 is 2.76 bits per heavy atom. The number of carbonyl (C=O) groups is 1. The number of morpholine rings is 1. The van der Waals surface area contributed by atoms with Gasteiger partial charge >= 0.3 is 0 Å². The van der Waals surface area contributed by atoms with Gasteiger partial charge in [0.1, 0.15) is 5.84 Å². The number of aliphatic imine (C=N–C) groups is 1. The summed E-state index contributed by atoms with van der Waals surface area (Å²) in [4.78, 5) is 20.1. The number of benzene rings is 1. The zero-order valence-corrected chi connectivity index (χ0v) is 20.3. The lowest BCUT2D eigenvalue weighted by atomic mass is 9.86. The van der Waals surface area contributed by atoms with Gasteiger partial charge < -0.3 is 20.7 Å². The Kier molecular flexibility index (Phi) is 7.03. The molecule has 176 valence electrons. The number of allylic oxidation sites excluding steroid dienone is 3. The predicted octanol–water partition coefficient (Wildman–Crippen LogP) is 4.74. The molecule has 1 atom stereocenters.